The molecule has 27 heavy (non-hydrogen) atoms. The SMILES string of the molecule is C=CCSc1nnc(NC(=O)[C@@H]2CN(S(C)(=O)=O)c3ccc(C)cc3O2)s1. The van der Waals surface area contributed by atoms with Crippen molar-refractivity contribution in [3.05, 3.63) is 36.4 Å². The Morgan fingerprint density at radius 2 is 2.30 bits per heavy atom. The molecule has 2 heterocycles. The highest BCUT2D eigenvalue weighted by atomic mass is 32.2. The molecule has 144 valence electrons. The largest absolute Gasteiger partial charge is 0.476 e. The highest BCUT2D eigenvalue weighted by molar-refractivity contribution is 8.01. The summed E-state index contributed by atoms with van der Waals surface area (Å²) in [4.78, 5) is 12.6. The van der Waals surface area contributed by atoms with Crippen molar-refractivity contribution in [1.29, 1.82) is 0 Å². The summed E-state index contributed by atoms with van der Waals surface area (Å²) in [6.45, 7) is 5.39. The zero-order chi connectivity index (χ0) is 19.6. The van der Waals surface area contributed by atoms with E-state index in [-0.39, 0.29) is 6.54 Å². The number of hydrogen-bond donors (Lipinski definition) is 1. The van der Waals surface area contributed by atoms with Crippen LogP contribution in [0.5, 0.6) is 5.75 Å². The number of carbonyl (C=O) groups is 1. The fraction of sp³-hybridized carbons (Fsp3) is 0.312. The minimum atomic E-state index is -3.56. The molecular formula is C16H18N4O4S3. The normalized spacial score (nSPS) is 16.4. The quantitative estimate of drug-likeness (QED) is 0.430. The number of aryl methyl sites for hydroxylation is 1. The smallest absolute Gasteiger partial charge is 0.269 e. The van der Waals surface area contributed by atoms with Crippen LogP contribution in [-0.2, 0) is 14.8 Å². The van der Waals surface area contributed by atoms with Gasteiger partial charge in [0.25, 0.3) is 5.91 Å². The van der Waals surface area contributed by atoms with Gasteiger partial charge in [0.2, 0.25) is 15.2 Å². The summed E-state index contributed by atoms with van der Waals surface area (Å²) in [5.41, 5.74) is 1.32. The van der Waals surface area contributed by atoms with Crippen molar-refractivity contribution in [1.82, 2.24) is 10.2 Å². The number of ether oxygens (including phenoxy) is 1. The molecular weight excluding hydrogens is 408 g/mol. The van der Waals surface area contributed by atoms with E-state index in [4.69, 9.17) is 4.74 Å². The van der Waals surface area contributed by atoms with E-state index in [1.54, 1.807) is 24.3 Å². The summed E-state index contributed by atoms with van der Waals surface area (Å²) in [6, 6.07) is 5.18. The molecule has 1 amide bonds. The van der Waals surface area contributed by atoms with Crippen LogP contribution < -0.4 is 14.4 Å². The van der Waals surface area contributed by atoms with Gasteiger partial charge in [-0.25, -0.2) is 8.42 Å². The number of fused-ring (bicyclic) bond motifs is 1. The van der Waals surface area contributed by atoms with E-state index in [2.05, 4.69) is 22.1 Å². The highest BCUT2D eigenvalue weighted by Crippen LogP contribution is 2.36. The third kappa shape index (κ3) is 4.60. The molecule has 0 unspecified atom stereocenters. The maximum Gasteiger partial charge on any atom is 0.269 e. The maximum absolute atomic E-state index is 12.6. The van der Waals surface area contributed by atoms with Gasteiger partial charge in [0, 0.05) is 5.75 Å². The first-order valence-electron chi connectivity index (χ1n) is 7.91. The Hall–Kier alpha value is -2.11. The number of thioether (sulfide) groups is 1. The molecule has 11 heteroatoms. The number of benzene rings is 1. The second-order valence-electron chi connectivity index (χ2n) is 5.83. The highest BCUT2D eigenvalue weighted by Gasteiger charge is 2.35. The number of amides is 1. The van der Waals surface area contributed by atoms with Gasteiger partial charge in [-0.3, -0.25) is 14.4 Å². The van der Waals surface area contributed by atoms with Crippen molar-refractivity contribution in [2.24, 2.45) is 0 Å². The molecule has 2 aromatic rings. The van der Waals surface area contributed by atoms with Crippen LogP contribution in [0.15, 0.2) is 35.2 Å². The number of rotatable bonds is 6. The molecule has 1 aliphatic heterocycles. The molecule has 1 aromatic carbocycles. The lowest BCUT2D eigenvalue weighted by atomic mass is 10.1. The first-order chi connectivity index (χ1) is 12.8. The second kappa shape index (κ2) is 7.87. The molecule has 1 N–H and O–H groups in total. The van der Waals surface area contributed by atoms with Crippen LogP contribution >= 0.6 is 23.1 Å². The second-order valence-corrected chi connectivity index (χ2v) is 9.99. The average Bonchev–Trinajstić information content (AvgIpc) is 3.05. The number of carbonyl (C=O) groups excluding carboxylic acids is 1. The first-order valence-corrected chi connectivity index (χ1v) is 11.6. The van der Waals surface area contributed by atoms with Gasteiger partial charge in [0.05, 0.1) is 18.5 Å². The third-order valence-electron chi connectivity index (χ3n) is 3.64. The Kier molecular flexibility index (Phi) is 5.72. The number of nitrogens with one attached hydrogen (secondary N) is 1. The summed E-state index contributed by atoms with van der Waals surface area (Å²) in [5, 5.41) is 10.9. The molecule has 8 nitrogen and oxygen atoms in total. The molecule has 0 bridgehead atoms. The molecule has 1 aromatic heterocycles. The van der Waals surface area contributed by atoms with Gasteiger partial charge >= 0.3 is 0 Å². The van der Waals surface area contributed by atoms with E-state index < -0.39 is 22.0 Å². The van der Waals surface area contributed by atoms with Crippen LogP contribution in [0.2, 0.25) is 0 Å². The topological polar surface area (TPSA) is 101 Å². The summed E-state index contributed by atoms with van der Waals surface area (Å²) >= 11 is 2.69. The molecule has 0 saturated carbocycles. The Balaban J connectivity index is 1.79. The van der Waals surface area contributed by atoms with E-state index in [0.29, 0.717) is 26.7 Å². The number of sulfonamides is 1. The predicted molar refractivity (Wildman–Crippen MR) is 107 cm³/mol. The standard InChI is InChI=1S/C16H18N4O4S3/c1-4-7-25-16-19-18-15(26-16)17-14(21)13-9-20(27(3,22)23)11-6-5-10(2)8-12(11)24-13/h4-6,8,13H,1,7,9H2,2-3H3,(H,17,18,21)/t13-/m0/s1. The third-order valence-corrected chi connectivity index (χ3v) is 6.75. The van der Waals surface area contributed by atoms with Gasteiger partial charge in [-0.05, 0) is 24.6 Å². The first kappa shape index (κ1) is 19.6. The van der Waals surface area contributed by atoms with Gasteiger partial charge in [0.15, 0.2) is 10.4 Å². The van der Waals surface area contributed by atoms with Crippen LogP contribution in [-0.4, -0.2) is 49.2 Å². The van der Waals surface area contributed by atoms with Crippen molar-refractivity contribution >= 4 is 49.8 Å². The summed E-state index contributed by atoms with van der Waals surface area (Å²) in [7, 11) is -3.56. The summed E-state index contributed by atoms with van der Waals surface area (Å²) in [5.74, 6) is 0.562. The maximum atomic E-state index is 12.6. The molecule has 0 fully saturated rings. The zero-order valence-corrected chi connectivity index (χ0v) is 17.2. The van der Waals surface area contributed by atoms with Gasteiger partial charge in [-0.15, -0.1) is 16.8 Å². The fourth-order valence-electron chi connectivity index (χ4n) is 2.45. The van der Waals surface area contributed by atoms with E-state index in [1.165, 1.54) is 27.4 Å². The Morgan fingerprint density at radius 1 is 1.52 bits per heavy atom. The van der Waals surface area contributed by atoms with Crippen LogP contribution in [0.1, 0.15) is 5.56 Å². The van der Waals surface area contributed by atoms with Crippen LogP contribution in [0.25, 0.3) is 0 Å². The molecule has 1 atom stereocenters. The van der Waals surface area contributed by atoms with Gasteiger partial charge in [0.1, 0.15) is 5.75 Å². The van der Waals surface area contributed by atoms with E-state index in [0.717, 1.165) is 11.8 Å². The van der Waals surface area contributed by atoms with Crippen molar-refractivity contribution in [3.63, 3.8) is 0 Å². The molecule has 3 rings (SSSR count). The minimum Gasteiger partial charge on any atom is -0.476 e. The zero-order valence-electron chi connectivity index (χ0n) is 14.7. The molecule has 0 saturated heterocycles. The Bertz CT molecular complexity index is 974. The van der Waals surface area contributed by atoms with E-state index in [9.17, 15) is 13.2 Å². The van der Waals surface area contributed by atoms with Gasteiger partial charge in [-0.1, -0.05) is 35.2 Å². The average molecular weight is 427 g/mol. The van der Waals surface area contributed by atoms with Gasteiger partial charge < -0.3 is 4.74 Å². The van der Waals surface area contributed by atoms with E-state index >= 15 is 0 Å². The number of hydrogen-bond acceptors (Lipinski definition) is 8. The number of anilines is 2. The van der Waals surface area contributed by atoms with Crippen LogP contribution in [0.3, 0.4) is 0 Å². The lowest BCUT2D eigenvalue weighted by Crippen LogP contribution is -2.48. The minimum absolute atomic E-state index is 0.113. The van der Waals surface area contributed by atoms with Crippen molar-refractivity contribution in [2.75, 3.05) is 28.2 Å². The number of aromatic nitrogens is 2. The monoisotopic (exact) mass is 426 g/mol. The lowest BCUT2D eigenvalue weighted by Gasteiger charge is -2.33. The van der Waals surface area contributed by atoms with Crippen molar-refractivity contribution < 1.29 is 17.9 Å². The fourth-order valence-corrected chi connectivity index (χ4v) is 4.88. The van der Waals surface area contributed by atoms with Crippen LogP contribution in [0, 0.1) is 6.92 Å². The predicted octanol–water partition coefficient (Wildman–Crippen LogP) is 2.29. The molecule has 1 aliphatic rings. The lowest BCUT2D eigenvalue weighted by molar-refractivity contribution is -0.122. The van der Waals surface area contributed by atoms with Crippen molar-refractivity contribution in [2.45, 2.75) is 17.4 Å². The van der Waals surface area contributed by atoms with Crippen molar-refractivity contribution in [3.8, 4) is 5.75 Å². The van der Waals surface area contributed by atoms with E-state index in [1.807, 2.05) is 6.92 Å². The molecule has 0 radical (unpaired) electrons. The van der Waals surface area contributed by atoms with Gasteiger partial charge in [-0.2, -0.15) is 0 Å². The van der Waals surface area contributed by atoms with Crippen LogP contribution in [0.4, 0.5) is 10.8 Å². The summed E-state index contributed by atoms with van der Waals surface area (Å²) < 4.78 is 32.0. The summed E-state index contributed by atoms with van der Waals surface area (Å²) in [6.07, 6.45) is 1.85. The molecule has 0 aliphatic carbocycles. The Morgan fingerprint density at radius 3 is 3.00 bits per heavy atom. The Labute approximate surface area is 165 Å². The molecule has 0 spiro atoms. The number of nitrogens with zero attached hydrogens (tertiary/aromatic N) is 3.